The van der Waals surface area contributed by atoms with Crippen molar-refractivity contribution >= 4 is 66.3 Å². The van der Waals surface area contributed by atoms with Crippen molar-refractivity contribution in [3.05, 3.63) is 95.7 Å². The Kier molecular flexibility index (Phi) is 7.12. The van der Waals surface area contributed by atoms with Gasteiger partial charge in [0.15, 0.2) is 0 Å². The molecule has 1 aliphatic rings. The third kappa shape index (κ3) is 5.24. The zero-order valence-electron chi connectivity index (χ0n) is 21.7. The summed E-state index contributed by atoms with van der Waals surface area (Å²) in [5.41, 5.74) is 2.77. The van der Waals surface area contributed by atoms with Gasteiger partial charge < -0.3 is 14.6 Å². The van der Waals surface area contributed by atoms with Crippen LogP contribution in [0.15, 0.2) is 94.4 Å². The lowest BCUT2D eigenvalue weighted by Gasteiger charge is -2.30. The first-order valence-electron chi connectivity index (χ1n) is 13.2. The number of amides is 1. The minimum absolute atomic E-state index is 0.0782. The monoisotopic (exact) mass is 573 g/mol. The van der Waals surface area contributed by atoms with Crippen molar-refractivity contribution in [2.75, 3.05) is 28.0 Å². The highest BCUT2D eigenvalue weighted by Gasteiger charge is 2.25. The molecule has 2 N–H and O–H groups in total. The van der Waals surface area contributed by atoms with Gasteiger partial charge in [-0.05, 0) is 66.4 Å². The molecule has 0 spiro atoms. The standard InChI is InChI=1S/C31H28ClN3O4S/c32-25-10-4-5-11-26(25)34-40(37,38)29-19-23(13-14-27(29)35-16-6-1-7-17-35)33-30(36)18-22-20-39-28-15-12-21-8-2-3-9-24(21)31(22)28/h2-5,8-15,19-20,34H,1,6-7,16-18H2,(H,33,36). The van der Waals surface area contributed by atoms with Gasteiger partial charge >= 0.3 is 0 Å². The lowest BCUT2D eigenvalue weighted by Crippen LogP contribution is -2.31. The number of carbonyl (C=O) groups is 1. The molecule has 9 heteroatoms. The lowest BCUT2D eigenvalue weighted by molar-refractivity contribution is -0.115. The molecular weight excluding hydrogens is 546 g/mol. The predicted molar refractivity (Wildman–Crippen MR) is 161 cm³/mol. The Morgan fingerprint density at radius 1 is 0.925 bits per heavy atom. The van der Waals surface area contributed by atoms with Crippen LogP contribution in [0.2, 0.25) is 5.02 Å². The lowest BCUT2D eigenvalue weighted by atomic mass is 10.0. The van der Waals surface area contributed by atoms with Crippen molar-refractivity contribution in [2.24, 2.45) is 0 Å². The summed E-state index contributed by atoms with van der Waals surface area (Å²) in [7, 11) is -4.02. The van der Waals surface area contributed by atoms with E-state index >= 15 is 0 Å². The largest absolute Gasteiger partial charge is 0.464 e. The van der Waals surface area contributed by atoms with Gasteiger partial charge in [0.05, 0.1) is 29.1 Å². The fraction of sp³-hybridized carbons (Fsp3) is 0.194. The second-order valence-electron chi connectivity index (χ2n) is 9.96. The molecule has 1 aliphatic heterocycles. The number of sulfonamides is 1. The third-order valence-electron chi connectivity index (χ3n) is 7.24. The van der Waals surface area contributed by atoms with E-state index in [9.17, 15) is 13.2 Å². The number of benzene rings is 4. The molecule has 0 bridgehead atoms. The molecule has 204 valence electrons. The van der Waals surface area contributed by atoms with Crippen molar-refractivity contribution in [1.29, 1.82) is 0 Å². The van der Waals surface area contributed by atoms with Gasteiger partial charge in [-0.3, -0.25) is 9.52 Å². The van der Waals surface area contributed by atoms with E-state index in [4.69, 9.17) is 16.0 Å². The summed E-state index contributed by atoms with van der Waals surface area (Å²) in [5.74, 6) is -0.274. The quantitative estimate of drug-likeness (QED) is 0.215. The maximum Gasteiger partial charge on any atom is 0.264 e. The number of carbonyl (C=O) groups excluding carboxylic acids is 1. The number of anilines is 3. The number of para-hydroxylation sites is 1. The molecule has 1 fully saturated rings. The number of nitrogens with one attached hydrogen (secondary N) is 2. The Balaban J connectivity index is 1.31. The first-order chi connectivity index (χ1) is 19.4. The number of halogens is 1. The molecule has 2 heterocycles. The van der Waals surface area contributed by atoms with E-state index in [-0.39, 0.29) is 17.2 Å². The molecule has 0 unspecified atom stereocenters. The number of piperidine rings is 1. The van der Waals surface area contributed by atoms with Crippen molar-refractivity contribution in [3.63, 3.8) is 0 Å². The van der Waals surface area contributed by atoms with Gasteiger partial charge in [-0.15, -0.1) is 0 Å². The van der Waals surface area contributed by atoms with E-state index in [0.717, 1.165) is 54.1 Å². The number of furan rings is 1. The highest BCUT2D eigenvalue weighted by molar-refractivity contribution is 7.93. The maximum atomic E-state index is 13.7. The zero-order valence-corrected chi connectivity index (χ0v) is 23.3. The molecule has 0 saturated carbocycles. The van der Waals surface area contributed by atoms with Crippen LogP contribution < -0.4 is 14.9 Å². The molecule has 40 heavy (non-hydrogen) atoms. The van der Waals surface area contributed by atoms with Crippen LogP contribution in [-0.4, -0.2) is 27.4 Å². The zero-order chi connectivity index (χ0) is 27.7. The molecule has 4 aromatic carbocycles. The van der Waals surface area contributed by atoms with Crippen molar-refractivity contribution in [2.45, 2.75) is 30.6 Å². The molecular formula is C31H28ClN3O4S. The molecule has 5 aromatic rings. The van der Waals surface area contributed by atoms with Crippen LogP contribution >= 0.6 is 11.6 Å². The minimum Gasteiger partial charge on any atom is -0.464 e. The highest BCUT2D eigenvalue weighted by Crippen LogP contribution is 2.34. The maximum absolute atomic E-state index is 13.7. The van der Waals surface area contributed by atoms with E-state index in [1.807, 2.05) is 36.4 Å². The van der Waals surface area contributed by atoms with Gasteiger partial charge in [-0.25, -0.2) is 8.42 Å². The molecule has 0 radical (unpaired) electrons. The average molecular weight is 574 g/mol. The summed E-state index contributed by atoms with van der Waals surface area (Å²) in [4.78, 5) is 15.4. The molecule has 1 saturated heterocycles. The fourth-order valence-electron chi connectivity index (χ4n) is 5.33. The van der Waals surface area contributed by atoms with Crippen molar-refractivity contribution in [1.82, 2.24) is 0 Å². The summed E-state index contributed by atoms with van der Waals surface area (Å²) in [6.45, 7) is 1.53. The van der Waals surface area contributed by atoms with Crippen LogP contribution in [0.4, 0.5) is 17.1 Å². The Bertz CT molecular complexity index is 1830. The fourth-order valence-corrected chi connectivity index (χ4v) is 6.90. The average Bonchev–Trinajstić information content (AvgIpc) is 3.37. The summed E-state index contributed by atoms with van der Waals surface area (Å²) in [6.07, 6.45) is 4.78. The summed E-state index contributed by atoms with van der Waals surface area (Å²) in [6, 6.07) is 23.6. The topological polar surface area (TPSA) is 91.7 Å². The van der Waals surface area contributed by atoms with E-state index < -0.39 is 10.0 Å². The van der Waals surface area contributed by atoms with Gasteiger partial charge in [-0.1, -0.05) is 54.1 Å². The van der Waals surface area contributed by atoms with Gasteiger partial charge in [-0.2, -0.15) is 0 Å². The molecule has 0 atom stereocenters. The number of fused-ring (bicyclic) bond motifs is 3. The number of hydrogen-bond donors (Lipinski definition) is 2. The molecule has 0 aliphatic carbocycles. The summed E-state index contributed by atoms with van der Waals surface area (Å²) < 4.78 is 35.7. The van der Waals surface area contributed by atoms with E-state index in [0.29, 0.717) is 27.7 Å². The third-order valence-corrected chi connectivity index (χ3v) is 8.96. The number of hydrogen-bond acceptors (Lipinski definition) is 5. The highest BCUT2D eigenvalue weighted by atomic mass is 35.5. The molecule has 1 aromatic heterocycles. The first-order valence-corrected chi connectivity index (χ1v) is 15.1. The number of nitrogens with zero attached hydrogens (tertiary/aromatic N) is 1. The number of rotatable bonds is 7. The van der Waals surface area contributed by atoms with Crippen LogP contribution in [0.5, 0.6) is 0 Å². The Labute approximate surface area is 237 Å². The van der Waals surface area contributed by atoms with E-state index in [1.54, 1.807) is 42.7 Å². The SMILES string of the molecule is O=C(Cc1coc2ccc3ccccc3c12)Nc1ccc(N2CCCCC2)c(S(=O)(=O)Nc2ccccc2Cl)c1. The normalized spacial score (nSPS) is 14.0. The van der Waals surface area contributed by atoms with E-state index in [2.05, 4.69) is 14.9 Å². The Hall–Kier alpha value is -4.01. The summed E-state index contributed by atoms with van der Waals surface area (Å²) in [5, 5.41) is 6.18. The second kappa shape index (κ2) is 10.9. The van der Waals surface area contributed by atoms with Crippen LogP contribution in [0, 0.1) is 0 Å². The van der Waals surface area contributed by atoms with Gasteiger partial charge in [0.2, 0.25) is 5.91 Å². The molecule has 7 nitrogen and oxygen atoms in total. The minimum atomic E-state index is -4.02. The molecule has 1 amide bonds. The van der Waals surface area contributed by atoms with E-state index in [1.165, 1.54) is 6.07 Å². The van der Waals surface area contributed by atoms with Crippen LogP contribution in [0.3, 0.4) is 0 Å². The predicted octanol–water partition coefficient (Wildman–Crippen LogP) is 7.21. The molecule has 6 rings (SSSR count). The summed E-state index contributed by atoms with van der Waals surface area (Å²) >= 11 is 6.25. The smallest absolute Gasteiger partial charge is 0.264 e. The van der Waals surface area contributed by atoms with Gasteiger partial charge in [0, 0.05) is 29.7 Å². The van der Waals surface area contributed by atoms with Crippen molar-refractivity contribution < 1.29 is 17.6 Å². The van der Waals surface area contributed by atoms with Gasteiger partial charge in [0.1, 0.15) is 10.5 Å². The Morgan fingerprint density at radius 3 is 2.52 bits per heavy atom. The van der Waals surface area contributed by atoms with Crippen molar-refractivity contribution in [3.8, 4) is 0 Å². The van der Waals surface area contributed by atoms with Crippen LogP contribution in [-0.2, 0) is 21.2 Å². The van der Waals surface area contributed by atoms with Gasteiger partial charge in [0.25, 0.3) is 10.0 Å². The first kappa shape index (κ1) is 26.2. The Morgan fingerprint density at radius 2 is 1.70 bits per heavy atom. The van der Waals surface area contributed by atoms with Crippen LogP contribution in [0.1, 0.15) is 24.8 Å². The second-order valence-corrected chi connectivity index (χ2v) is 12.0. The van der Waals surface area contributed by atoms with Crippen LogP contribution in [0.25, 0.3) is 21.7 Å².